The van der Waals surface area contributed by atoms with Crippen LogP contribution in [0.4, 0.5) is 4.79 Å². The number of esters is 1. The van der Waals surface area contributed by atoms with E-state index in [4.69, 9.17) is 14.2 Å². The van der Waals surface area contributed by atoms with Crippen LogP contribution >= 0.6 is 0 Å². The molecule has 1 aromatic rings. The number of alkyl carbamates (subject to hydrolysis) is 1. The van der Waals surface area contributed by atoms with Crippen molar-refractivity contribution in [3.63, 3.8) is 0 Å². The molecule has 3 aliphatic rings. The molecule has 10 nitrogen and oxygen atoms in total. The van der Waals surface area contributed by atoms with Crippen LogP contribution in [0, 0.1) is 11.8 Å². The number of amides is 2. The van der Waals surface area contributed by atoms with Crippen molar-refractivity contribution in [3.05, 3.63) is 29.8 Å². The Kier molecular flexibility index (Phi) is 8.18. The molecule has 4 rings (SSSR count). The van der Waals surface area contributed by atoms with Crippen LogP contribution in [0.2, 0.25) is 0 Å². The van der Waals surface area contributed by atoms with Gasteiger partial charge in [-0.1, -0.05) is 12.1 Å². The molecule has 0 saturated carbocycles. The first-order valence-electron chi connectivity index (χ1n) is 12.9. The quantitative estimate of drug-likeness (QED) is 0.332. The molecule has 0 radical (unpaired) electrons. The molecule has 3 heterocycles. The van der Waals surface area contributed by atoms with Crippen LogP contribution in [0.15, 0.2) is 24.3 Å². The molecule has 0 aliphatic carbocycles. The molecule has 2 amide bonds. The molecule has 2 bridgehead atoms. The highest BCUT2D eigenvalue weighted by Crippen LogP contribution is 2.45. The summed E-state index contributed by atoms with van der Waals surface area (Å²) in [5.74, 6) is -1.26. The molecule has 0 spiro atoms. The minimum absolute atomic E-state index is 0.0185. The first-order chi connectivity index (χ1) is 17.5. The number of nitrogens with one attached hydrogen (secondary N) is 1. The highest BCUT2D eigenvalue weighted by atomic mass is 16.6. The normalized spacial score (nSPS) is 26.4. The zero-order valence-corrected chi connectivity index (χ0v) is 22.0. The fraction of sp³-hybridized carbons (Fsp3) is 0.630. The minimum atomic E-state index is -0.754. The molecule has 3 saturated heterocycles. The summed E-state index contributed by atoms with van der Waals surface area (Å²) in [5.41, 5.74) is 0.111. The van der Waals surface area contributed by atoms with Gasteiger partial charge in [0.2, 0.25) is 5.91 Å². The number of aldehydes is 1. The fourth-order valence-electron chi connectivity index (χ4n) is 5.25. The van der Waals surface area contributed by atoms with Gasteiger partial charge in [-0.2, -0.15) is 0 Å². The zero-order valence-electron chi connectivity index (χ0n) is 22.0. The number of piperazine rings is 1. The van der Waals surface area contributed by atoms with Gasteiger partial charge in [-0.05, 0) is 64.8 Å². The van der Waals surface area contributed by atoms with E-state index in [0.29, 0.717) is 25.1 Å². The van der Waals surface area contributed by atoms with Crippen molar-refractivity contribution in [2.24, 2.45) is 11.8 Å². The van der Waals surface area contributed by atoms with E-state index in [1.54, 1.807) is 45.0 Å². The van der Waals surface area contributed by atoms with Crippen molar-refractivity contribution >= 4 is 24.3 Å². The van der Waals surface area contributed by atoms with Gasteiger partial charge in [0.1, 0.15) is 17.6 Å². The summed E-state index contributed by atoms with van der Waals surface area (Å²) in [5, 5.41) is 2.55. The molecule has 10 heteroatoms. The average molecular weight is 516 g/mol. The summed E-state index contributed by atoms with van der Waals surface area (Å²) in [6, 6.07) is 6.01. The van der Waals surface area contributed by atoms with E-state index >= 15 is 0 Å². The Balaban J connectivity index is 1.35. The third kappa shape index (κ3) is 6.67. The van der Waals surface area contributed by atoms with Crippen LogP contribution < -0.4 is 10.1 Å². The molecule has 5 atom stereocenters. The Hall–Kier alpha value is -2.98. The number of likely N-dealkylation sites (N-methyl/N-ethyl adjacent to an activating group) is 1. The van der Waals surface area contributed by atoms with Gasteiger partial charge in [0.15, 0.2) is 0 Å². The third-order valence-electron chi connectivity index (χ3n) is 7.11. The van der Waals surface area contributed by atoms with E-state index in [1.165, 1.54) is 0 Å². The van der Waals surface area contributed by atoms with Gasteiger partial charge < -0.3 is 34.1 Å². The largest absolute Gasteiger partial charge is 0.444 e. The second-order valence-electron chi connectivity index (χ2n) is 11.1. The smallest absolute Gasteiger partial charge is 0.408 e. The highest BCUT2D eigenvalue weighted by molar-refractivity contribution is 5.88. The molecular weight excluding hydrogens is 478 g/mol. The van der Waals surface area contributed by atoms with Crippen molar-refractivity contribution < 1.29 is 33.4 Å². The summed E-state index contributed by atoms with van der Waals surface area (Å²) in [6.45, 7) is 8.16. The molecule has 3 aliphatic heterocycles. The van der Waals surface area contributed by atoms with Crippen LogP contribution in [0.25, 0.3) is 0 Å². The maximum Gasteiger partial charge on any atom is 0.408 e. The lowest BCUT2D eigenvalue weighted by molar-refractivity contribution is -0.149. The predicted molar refractivity (Wildman–Crippen MR) is 134 cm³/mol. The number of ether oxygens (including phenoxy) is 3. The van der Waals surface area contributed by atoms with Crippen LogP contribution in [-0.2, 0) is 30.3 Å². The van der Waals surface area contributed by atoms with E-state index in [2.05, 4.69) is 10.2 Å². The SMILES string of the molecule is CN1CCN(C(=O)C2C(C(=O)Oc3ccc(CC(C=O)NC(=O)OC(C)(C)C)cc3)[C@H]3CC[C@@H]2O3)CC1. The summed E-state index contributed by atoms with van der Waals surface area (Å²) in [4.78, 5) is 54.0. The van der Waals surface area contributed by atoms with E-state index in [-0.39, 0.29) is 24.5 Å². The van der Waals surface area contributed by atoms with Crippen molar-refractivity contribution in [1.82, 2.24) is 15.1 Å². The number of carbonyl (C=O) groups is 4. The molecule has 202 valence electrons. The van der Waals surface area contributed by atoms with Crippen LogP contribution in [0.5, 0.6) is 5.75 Å². The maximum absolute atomic E-state index is 13.3. The molecule has 37 heavy (non-hydrogen) atoms. The van der Waals surface area contributed by atoms with Gasteiger partial charge in [0, 0.05) is 26.2 Å². The van der Waals surface area contributed by atoms with E-state index in [9.17, 15) is 19.2 Å². The van der Waals surface area contributed by atoms with E-state index in [0.717, 1.165) is 31.5 Å². The Morgan fingerprint density at radius 3 is 2.27 bits per heavy atom. The topological polar surface area (TPSA) is 114 Å². The second-order valence-corrected chi connectivity index (χ2v) is 11.1. The predicted octanol–water partition coefficient (Wildman–Crippen LogP) is 1.79. The first-order valence-corrected chi connectivity index (χ1v) is 12.9. The van der Waals surface area contributed by atoms with Gasteiger partial charge in [-0.25, -0.2) is 4.79 Å². The van der Waals surface area contributed by atoms with Crippen molar-refractivity contribution in [2.75, 3.05) is 33.2 Å². The number of hydrogen-bond acceptors (Lipinski definition) is 8. The zero-order chi connectivity index (χ0) is 26.7. The second kappa shape index (κ2) is 11.2. The molecular formula is C27H37N3O7. The summed E-state index contributed by atoms with van der Waals surface area (Å²) in [6.07, 6.45) is 1.24. The van der Waals surface area contributed by atoms with Gasteiger partial charge in [-0.3, -0.25) is 9.59 Å². The van der Waals surface area contributed by atoms with Crippen molar-refractivity contribution in [3.8, 4) is 5.75 Å². The Labute approximate surface area is 217 Å². The van der Waals surface area contributed by atoms with E-state index in [1.807, 2.05) is 11.9 Å². The molecule has 3 fully saturated rings. The van der Waals surface area contributed by atoms with Crippen molar-refractivity contribution in [1.29, 1.82) is 0 Å². The standard InChI is InChI=1S/C27H37N3O7/c1-27(2,3)37-26(34)28-18(16-31)15-17-5-7-19(8-6-17)35-25(33)23-21-10-9-20(36-21)22(23)24(32)30-13-11-29(4)12-14-30/h5-8,16,18,20-23H,9-15H2,1-4H3,(H,28,34)/t18?,20-,21+,22?,23?/m0/s1. The summed E-state index contributed by atoms with van der Waals surface area (Å²) in [7, 11) is 2.03. The number of nitrogens with zero attached hydrogens (tertiary/aromatic N) is 2. The number of rotatable bonds is 7. The Morgan fingerprint density at radius 1 is 1.05 bits per heavy atom. The summed E-state index contributed by atoms with van der Waals surface area (Å²) < 4.78 is 16.9. The van der Waals surface area contributed by atoms with Crippen molar-refractivity contribution in [2.45, 2.75) is 63.9 Å². The van der Waals surface area contributed by atoms with Crippen LogP contribution in [0.1, 0.15) is 39.2 Å². The molecule has 1 aromatic carbocycles. The first kappa shape index (κ1) is 27.1. The third-order valence-corrected chi connectivity index (χ3v) is 7.11. The fourth-order valence-corrected chi connectivity index (χ4v) is 5.25. The number of fused-ring (bicyclic) bond motifs is 2. The van der Waals surface area contributed by atoms with E-state index < -0.39 is 35.5 Å². The lowest BCUT2D eigenvalue weighted by atomic mass is 9.78. The minimum Gasteiger partial charge on any atom is -0.444 e. The molecule has 1 N–H and O–H groups in total. The lowest BCUT2D eigenvalue weighted by Gasteiger charge is -2.36. The maximum atomic E-state index is 13.3. The lowest BCUT2D eigenvalue weighted by Crippen LogP contribution is -2.52. The van der Waals surface area contributed by atoms with Gasteiger partial charge >= 0.3 is 12.1 Å². The molecule has 0 aromatic heterocycles. The summed E-state index contributed by atoms with van der Waals surface area (Å²) >= 11 is 0. The van der Waals surface area contributed by atoms with Gasteiger partial charge in [-0.15, -0.1) is 0 Å². The van der Waals surface area contributed by atoms with Gasteiger partial charge in [0.25, 0.3) is 0 Å². The van der Waals surface area contributed by atoms with Crippen LogP contribution in [0.3, 0.4) is 0 Å². The van der Waals surface area contributed by atoms with Gasteiger partial charge in [0.05, 0.1) is 30.1 Å². The molecule has 3 unspecified atom stereocenters. The Bertz CT molecular complexity index is 998. The number of benzene rings is 1. The van der Waals surface area contributed by atoms with Crippen LogP contribution in [-0.4, -0.2) is 91.1 Å². The number of hydrogen-bond donors (Lipinski definition) is 1. The highest BCUT2D eigenvalue weighted by Gasteiger charge is 2.57. The monoisotopic (exact) mass is 515 g/mol. The number of carbonyl (C=O) groups excluding carboxylic acids is 4. The average Bonchev–Trinajstić information content (AvgIpc) is 3.45. The Morgan fingerprint density at radius 2 is 1.68 bits per heavy atom.